The van der Waals surface area contributed by atoms with Gasteiger partial charge in [-0.1, -0.05) is 6.92 Å². The van der Waals surface area contributed by atoms with Crippen LogP contribution in [0.2, 0.25) is 0 Å². The van der Waals surface area contributed by atoms with Crippen molar-refractivity contribution in [2.45, 2.75) is 20.3 Å². The molecule has 0 saturated carbocycles. The zero-order valence-corrected chi connectivity index (χ0v) is 8.20. The fourth-order valence-electron chi connectivity index (χ4n) is 0.387. The topological polar surface area (TPSA) is 72.8 Å². The van der Waals surface area contributed by atoms with Crippen LogP contribution in [0.25, 0.3) is 0 Å². The van der Waals surface area contributed by atoms with Crippen molar-refractivity contribution in [1.82, 2.24) is 0 Å². The van der Waals surface area contributed by atoms with Crippen LogP contribution in [0.5, 0.6) is 0 Å². The number of hydrogen-bond acceptors (Lipinski definition) is 4. The molecular formula is C8H16O5. The molecule has 0 aliphatic rings. The van der Waals surface area contributed by atoms with E-state index in [1.54, 1.807) is 13.8 Å². The van der Waals surface area contributed by atoms with Crippen LogP contribution in [0, 0.1) is 0 Å². The summed E-state index contributed by atoms with van der Waals surface area (Å²) in [4.78, 5) is 19.7. The van der Waals surface area contributed by atoms with E-state index in [0.717, 1.165) is 0 Å². The first-order valence-electron chi connectivity index (χ1n) is 3.94. The number of aliphatic carboxylic acids is 1. The monoisotopic (exact) mass is 192 g/mol. The maximum Gasteiger partial charge on any atom is 0.329 e. The van der Waals surface area contributed by atoms with Crippen molar-refractivity contribution in [1.29, 1.82) is 0 Å². The Morgan fingerprint density at radius 2 is 1.85 bits per heavy atom. The Kier molecular flexibility index (Phi) is 12.1. The zero-order chi connectivity index (χ0) is 10.7. The molecule has 0 fully saturated rings. The first kappa shape index (κ1) is 14.4. The normalized spacial score (nSPS) is 8.23. The molecule has 0 heterocycles. The van der Waals surface area contributed by atoms with Crippen molar-refractivity contribution in [3.63, 3.8) is 0 Å². The van der Waals surface area contributed by atoms with Crippen molar-refractivity contribution in [3.05, 3.63) is 0 Å². The first-order chi connectivity index (χ1) is 6.08. The fourth-order valence-corrected chi connectivity index (χ4v) is 0.387. The number of ether oxygens (including phenoxy) is 2. The Morgan fingerprint density at radius 1 is 1.31 bits per heavy atom. The van der Waals surface area contributed by atoms with Crippen LogP contribution in [0.3, 0.4) is 0 Å². The third-order valence-electron chi connectivity index (χ3n) is 0.862. The summed E-state index contributed by atoms with van der Waals surface area (Å²) in [5.41, 5.74) is 0. The minimum atomic E-state index is -0.933. The Labute approximate surface area is 77.6 Å². The predicted molar refractivity (Wildman–Crippen MR) is 46.4 cm³/mol. The standard InChI is InChI=1S/C5H10O2.C3H6O3/c1-3-5(6)7-4-2;1-6-2-3(4)5/h3-4H2,1-2H3;2H2,1H3,(H,4,5). The molecule has 0 bridgehead atoms. The van der Waals surface area contributed by atoms with Gasteiger partial charge in [-0.25, -0.2) is 4.79 Å². The molecule has 0 aromatic heterocycles. The van der Waals surface area contributed by atoms with Crippen LogP contribution in [0.4, 0.5) is 0 Å². The highest BCUT2D eigenvalue weighted by Gasteiger charge is 1.91. The van der Waals surface area contributed by atoms with Gasteiger partial charge in [0.1, 0.15) is 6.61 Å². The molecule has 0 saturated heterocycles. The number of rotatable bonds is 4. The molecule has 0 radical (unpaired) electrons. The molecule has 0 aliphatic heterocycles. The molecule has 0 aliphatic carbocycles. The molecule has 0 spiro atoms. The van der Waals surface area contributed by atoms with Crippen molar-refractivity contribution >= 4 is 11.9 Å². The number of carbonyl (C=O) groups is 2. The molecule has 0 atom stereocenters. The second-order valence-electron chi connectivity index (χ2n) is 1.99. The van der Waals surface area contributed by atoms with E-state index in [1.807, 2.05) is 0 Å². The lowest BCUT2D eigenvalue weighted by Gasteiger charge is -1.93. The van der Waals surface area contributed by atoms with Gasteiger partial charge in [0.15, 0.2) is 0 Å². The van der Waals surface area contributed by atoms with E-state index in [1.165, 1.54) is 7.11 Å². The van der Waals surface area contributed by atoms with Gasteiger partial charge in [0.25, 0.3) is 0 Å². The van der Waals surface area contributed by atoms with Crippen LogP contribution >= 0.6 is 0 Å². The fraction of sp³-hybridized carbons (Fsp3) is 0.750. The van der Waals surface area contributed by atoms with Crippen molar-refractivity contribution < 1.29 is 24.2 Å². The summed E-state index contributed by atoms with van der Waals surface area (Å²) in [6.07, 6.45) is 0.480. The number of hydrogen-bond donors (Lipinski definition) is 1. The van der Waals surface area contributed by atoms with Crippen molar-refractivity contribution in [2.75, 3.05) is 20.3 Å². The van der Waals surface area contributed by atoms with Gasteiger partial charge in [-0.05, 0) is 6.92 Å². The highest BCUT2D eigenvalue weighted by molar-refractivity contribution is 5.68. The summed E-state index contributed by atoms with van der Waals surface area (Å²) >= 11 is 0. The van der Waals surface area contributed by atoms with Gasteiger partial charge in [0.2, 0.25) is 0 Å². The Hall–Kier alpha value is -1.10. The van der Waals surface area contributed by atoms with E-state index < -0.39 is 5.97 Å². The van der Waals surface area contributed by atoms with Crippen LogP contribution in [-0.4, -0.2) is 37.4 Å². The molecule has 0 aromatic carbocycles. The number of methoxy groups -OCH3 is 1. The summed E-state index contributed by atoms with van der Waals surface area (Å²) in [5, 5.41) is 7.79. The maximum atomic E-state index is 10.2. The number of carbonyl (C=O) groups excluding carboxylic acids is 1. The SMILES string of the molecule is CCOC(=O)CC.COCC(=O)O. The summed E-state index contributed by atoms with van der Waals surface area (Å²) < 4.78 is 8.76. The zero-order valence-electron chi connectivity index (χ0n) is 8.20. The van der Waals surface area contributed by atoms with Crippen molar-refractivity contribution in [2.24, 2.45) is 0 Å². The molecule has 13 heavy (non-hydrogen) atoms. The van der Waals surface area contributed by atoms with Gasteiger partial charge in [-0.3, -0.25) is 4.79 Å². The number of carboxylic acid groups (broad SMARTS) is 1. The molecule has 78 valence electrons. The van der Waals surface area contributed by atoms with Crippen LogP contribution in [0.15, 0.2) is 0 Å². The van der Waals surface area contributed by atoms with Crippen LogP contribution in [0.1, 0.15) is 20.3 Å². The van der Waals surface area contributed by atoms with Gasteiger partial charge in [0, 0.05) is 13.5 Å². The average Bonchev–Trinajstić information content (AvgIpc) is 2.05. The second-order valence-corrected chi connectivity index (χ2v) is 1.99. The molecule has 5 heteroatoms. The first-order valence-corrected chi connectivity index (χ1v) is 3.94. The van der Waals surface area contributed by atoms with Crippen LogP contribution in [-0.2, 0) is 19.1 Å². The highest BCUT2D eigenvalue weighted by Crippen LogP contribution is 1.80. The minimum absolute atomic E-state index is 0.123. The average molecular weight is 192 g/mol. The molecule has 5 nitrogen and oxygen atoms in total. The Bertz CT molecular complexity index is 143. The largest absolute Gasteiger partial charge is 0.480 e. The molecule has 1 N–H and O–H groups in total. The molecule has 0 aromatic rings. The Balaban J connectivity index is 0. The Morgan fingerprint density at radius 3 is 1.92 bits per heavy atom. The quantitative estimate of drug-likeness (QED) is 0.663. The van der Waals surface area contributed by atoms with E-state index in [-0.39, 0.29) is 12.6 Å². The lowest BCUT2D eigenvalue weighted by atomic mass is 10.5. The summed E-state index contributed by atoms with van der Waals surface area (Å²) in [5.74, 6) is -1.06. The van der Waals surface area contributed by atoms with Gasteiger partial charge < -0.3 is 14.6 Å². The lowest BCUT2D eigenvalue weighted by molar-refractivity contribution is -0.143. The van der Waals surface area contributed by atoms with Gasteiger partial charge >= 0.3 is 11.9 Å². The van der Waals surface area contributed by atoms with Gasteiger partial charge in [-0.2, -0.15) is 0 Å². The summed E-state index contributed by atoms with van der Waals surface area (Å²) in [6.45, 7) is 3.86. The third-order valence-corrected chi connectivity index (χ3v) is 0.862. The molecule has 0 unspecified atom stereocenters. The van der Waals surface area contributed by atoms with Crippen molar-refractivity contribution in [3.8, 4) is 0 Å². The van der Waals surface area contributed by atoms with E-state index in [4.69, 9.17) is 5.11 Å². The maximum absolute atomic E-state index is 10.2. The highest BCUT2D eigenvalue weighted by atomic mass is 16.5. The van der Waals surface area contributed by atoms with Crippen LogP contribution < -0.4 is 0 Å². The number of carboxylic acids is 1. The molecule has 0 amide bonds. The summed E-state index contributed by atoms with van der Waals surface area (Å²) in [7, 11) is 1.34. The third kappa shape index (κ3) is 18.1. The van der Waals surface area contributed by atoms with Gasteiger partial charge in [0.05, 0.1) is 6.61 Å². The van der Waals surface area contributed by atoms with E-state index in [2.05, 4.69) is 9.47 Å². The minimum Gasteiger partial charge on any atom is -0.480 e. The summed E-state index contributed by atoms with van der Waals surface area (Å²) in [6, 6.07) is 0. The van der Waals surface area contributed by atoms with Gasteiger partial charge in [-0.15, -0.1) is 0 Å². The predicted octanol–water partition coefficient (Wildman–Crippen LogP) is 0.677. The second kappa shape index (κ2) is 10.9. The van der Waals surface area contributed by atoms with E-state index in [9.17, 15) is 9.59 Å². The molecule has 0 rings (SSSR count). The van der Waals surface area contributed by atoms with E-state index in [0.29, 0.717) is 13.0 Å². The molecular weight excluding hydrogens is 176 g/mol. The smallest absolute Gasteiger partial charge is 0.329 e. The number of esters is 1. The van der Waals surface area contributed by atoms with E-state index >= 15 is 0 Å². The lowest BCUT2D eigenvalue weighted by Crippen LogP contribution is -2.02.